The molecule has 3 aliphatic rings. The third kappa shape index (κ3) is 14.8. The number of allylic oxidation sites excluding steroid dienone is 5. The monoisotopic (exact) mass is 1130 g/mol. The molecular formula is C56H49F15N3O5+. The van der Waals surface area contributed by atoms with Crippen LogP contribution in [0.15, 0.2) is 145 Å². The summed E-state index contributed by atoms with van der Waals surface area (Å²) in [5.74, 6) is -6.59. The van der Waals surface area contributed by atoms with Gasteiger partial charge in [-0.25, -0.2) is 22.4 Å². The summed E-state index contributed by atoms with van der Waals surface area (Å²) < 4.78 is 205. The van der Waals surface area contributed by atoms with Crippen molar-refractivity contribution in [3.63, 3.8) is 0 Å². The van der Waals surface area contributed by atoms with Crippen LogP contribution >= 0.6 is 0 Å². The minimum atomic E-state index is -4.88. The summed E-state index contributed by atoms with van der Waals surface area (Å²) in [7, 11) is 0. The maximum absolute atomic E-state index is 14.8. The van der Waals surface area contributed by atoms with E-state index in [1.165, 1.54) is 24.3 Å². The van der Waals surface area contributed by atoms with Gasteiger partial charge >= 0.3 is 43.2 Å². The van der Waals surface area contributed by atoms with E-state index in [1.807, 2.05) is 6.92 Å². The van der Waals surface area contributed by atoms with E-state index in [-0.39, 0.29) is 36.8 Å². The van der Waals surface area contributed by atoms with Crippen molar-refractivity contribution < 1.29 is 90.0 Å². The van der Waals surface area contributed by atoms with E-state index in [9.17, 15) is 75.4 Å². The van der Waals surface area contributed by atoms with Crippen LogP contribution in [-0.2, 0) is 22.3 Å². The second-order valence-corrected chi connectivity index (χ2v) is 19.2. The minimum Gasteiger partial charge on any atom is -0.481 e. The molecule has 422 valence electrons. The van der Waals surface area contributed by atoms with Crippen LogP contribution in [0.2, 0.25) is 0 Å². The minimum absolute atomic E-state index is 0.0157. The zero-order valence-electron chi connectivity index (χ0n) is 41.4. The molecule has 2 fully saturated rings. The Morgan fingerprint density at radius 2 is 1.14 bits per heavy atom. The van der Waals surface area contributed by atoms with Gasteiger partial charge in [0.05, 0.1) is 22.7 Å². The molecule has 0 spiro atoms. The Balaban J connectivity index is 0.000000218. The number of hydrogen-bond donors (Lipinski definition) is 4. The summed E-state index contributed by atoms with van der Waals surface area (Å²) in [4.78, 5) is 23.5. The molecule has 0 radical (unpaired) electrons. The van der Waals surface area contributed by atoms with Gasteiger partial charge in [0.1, 0.15) is 46.9 Å². The first kappa shape index (κ1) is 60.7. The highest BCUT2D eigenvalue weighted by Gasteiger charge is 2.64. The molecule has 2 amide bonds. The molecule has 8 rings (SSSR count). The fraction of sp³-hybridized carbons (Fsp3) is 0.321. The Morgan fingerprint density at radius 1 is 0.646 bits per heavy atom. The zero-order valence-corrected chi connectivity index (χ0v) is 41.4. The number of nitrogens with one attached hydrogen (secondary N) is 2. The fourth-order valence-electron chi connectivity index (χ4n) is 8.81. The molecule has 3 aliphatic carbocycles. The average Bonchev–Trinajstić information content (AvgIpc) is 3.33. The Kier molecular flexibility index (Phi) is 18.6. The van der Waals surface area contributed by atoms with Gasteiger partial charge in [-0.3, -0.25) is 4.79 Å². The van der Waals surface area contributed by atoms with Crippen molar-refractivity contribution in [2.24, 2.45) is 11.1 Å². The van der Waals surface area contributed by atoms with Crippen molar-refractivity contribution in [3.05, 3.63) is 202 Å². The van der Waals surface area contributed by atoms with Crippen molar-refractivity contribution >= 4 is 12.0 Å². The number of rotatable bonds is 17. The van der Waals surface area contributed by atoms with Crippen LogP contribution < -0.4 is 25.8 Å². The van der Waals surface area contributed by atoms with E-state index in [4.69, 9.17) is 10.8 Å². The molecule has 5 N–H and O–H groups in total. The molecule has 79 heavy (non-hydrogen) atoms. The summed E-state index contributed by atoms with van der Waals surface area (Å²) in [5.41, 5.74) is 2.45. The van der Waals surface area contributed by atoms with Gasteiger partial charge in [-0.2, -0.15) is 48.3 Å². The summed E-state index contributed by atoms with van der Waals surface area (Å²) in [6.45, 7) is 1.87. The normalized spacial score (nSPS) is 16.9. The first-order chi connectivity index (χ1) is 36.9. The molecule has 5 aromatic carbocycles. The predicted octanol–water partition coefficient (Wildman–Crippen LogP) is 14.4. The van der Waals surface area contributed by atoms with E-state index < -0.39 is 100 Å². The number of benzene rings is 5. The smallest absolute Gasteiger partial charge is 0.461 e. The highest BCUT2D eigenvalue weighted by Crippen LogP contribution is 2.53. The van der Waals surface area contributed by atoms with Crippen molar-refractivity contribution in [2.45, 2.75) is 106 Å². The predicted molar refractivity (Wildman–Crippen MR) is 258 cm³/mol. The molecule has 0 bridgehead atoms. The van der Waals surface area contributed by atoms with E-state index in [0.717, 1.165) is 67.8 Å². The van der Waals surface area contributed by atoms with Gasteiger partial charge in [-0.05, 0) is 115 Å². The van der Waals surface area contributed by atoms with Gasteiger partial charge < -0.3 is 30.9 Å². The molecule has 0 heterocycles. The number of nitrogens with two attached hydrogens (primary N) is 1. The second kappa shape index (κ2) is 24.2. The highest BCUT2D eigenvalue weighted by atomic mass is 19.4. The van der Waals surface area contributed by atoms with Crippen LogP contribution in [0.5, 0.6) is 11.5 Å². The van der Waals surface area contributed by atoms with Gasteiger partial charge in [0.15, 0.2) is 5.41 Å². The zero-order chi connectivity index (χ0) is 58.2. The molecule has 0 saturated heterocycles. The average molecular weight is 1130 g/mol. The Labute approximate surface area is 442 Å². The van der Waals surface area contributed by atoms with Crippen molar-refractivity contribution in [1.29, 1.82) is 0 Å². The van der Waals surface area contributed by atoms with E-state index in [2.05, 4.69) is 26.2 Å². The maximum Gasteiger partial charge on any atom is 0.461 e. The lowest BCUT2D eigenvalue weighted by Gasteiger charge is -2.42. The lowest BCUT2D eigenvalue weighted by molar-refractivity contribution is -0.253. The largest absolute Gasteiger partial charge is 0.481 e. The summed E-state index contributed by atoms with van der Waals surface area (Å²) in [5, 5.41) is 14.1. The van der Waals surface area contributed by atoms with Gasteiger partial charge in [-0.15, -0.1) is 0 Å². The number of hydrogen-bond acceptors (Lipinski definition) is 5. The van der Waals surface area contributed by atoms with Gasteiger partial charge in [-0.1, -0.05) is 61.0 Å². The molecule has 2 saturated carbocycles. The molecule has 0 aliphatic heterocycles. The van der Waals surface area contributed by atoms with Crippen LogP contribution in [-0.4, -0.2) is 53.9 Å². The Bertz CT molecular complexity index is 3000. The summed E-state index contributed by atoms with van der Waals surface area (Å²) >= 11 is 0. The molecule has 8 nitrogen and oxygen atoms in total. The number of ether oxygens (including phenoxy) is 2. The first-order valence-corrected chi connectivity index (χ1v) is 23.9. The number of halogens is 15. The van der Waals surface area contributed by atoms with Crippen LogP contribution in [0, 0.1) is 34.8 Å². The number of urea groups is 1. The number of carbonyl (C=O) groups is 2. The fourth-order valence-corrected chi connectivity index (χ4v) is 8.81. The van der Waals surface area contributed by atoms with E-state index in [0.29, 0.717) is 40.8 Å². The highest BCUT2D eigenvalue weighted by molar-refractivity contribution is 5.77. The first-order valence-electron chi connectivity index (χ1n) is 23.9. The third-order valence-corrected chi connectivity index (χ3v) is 13.4. The summed E-state index contributed by atoms with van der Waals surface area (Å²) in [6.07, 6.45) is -10.7. The number of alkyl halides is 11. The molecule has 0 unspecified atom stereocenters. The Hall–Kier alpha value is -7.52. The number of carboxylic acid groups (broad SMARTS) is 1. The topological polar surface area (TPSA) is 123 Å². The molecule has 0 aromatic heterocycles. The maximum atomic E-state index is 14.8. The van der Waals surface area contributed by atoms with Crippen LogP contribution in [0.4, 0.5) is 70.7 Å². The number of carboxylic acids is 1. The van der Waals surface area contributed by atoms with Gasteiger partial charge in [0.25, 0.3) is 0 Å². The number of carbonyl (C=O) groups excluding carboxylic acids is 1. The second-order valence-electron chi connectivity index (χ2n) is 19.2. The van der Waals surface area contributed by atoms with Crippen LogP contribution in [0.25, 0.3) is 0 Å². The number of aliphatic carboxylic acids is 1. The lowest BCUT2D eigenvalue weighted by atomic mass is 9.68. The molecule has 23 heteroatoms. The SMILES string of the molecule is CC1(NC(=O)N[C@](Cc2ccccc2)(c2ccc(F)cc2)c2cc(F)cc(OC(F)(F)C(F)F)c2)CCC1.N[C@](CC1=CC=C[C+]=C1)(c1ccc(F)cc1)c1cc(F)cc(OC(F)(F)C(F)F)c1.O=C(O)C1(C(F)(F)F)CCC1. The van der Waals surface area contributed by atoms with E-state index >= 15 is 0 Å². The van der Waals surface area contributed by atoms with Crippen molar-refractivity contribution in [2.75, 3.05) is 0 Å². The van der Waals surface area contributed by atoms with Crippen molar-refractivity contribution in [3.8, 4) is 11.5 Å². The molecular weight excluding hydrogens is 1080 g/mol. The van der Waals surface area contributed by atoms with E-state index in [1.54, 1.807) is 54.6 Å². The number of amides is 2. The Morgan fingerprint density at radius 3 is 1.56 bits per heavy atom. The van der Waals surface area contributed by atoms with Crippen LogP contribution in [0.1, 0.15) is 79.7 Å². The third-order valence-electron chi connectivity index (χ3n) is 13.4. The molecule has 5 aromatic rings. The van der Waals surface area contributed by atoms with Crippen LogP contribution in [0.3, 0.4) is 0 Å². The molecule has 2 atom stereocenters. The summed E-state index contributed by atoms with van der Waals surface area (Å²) in [6, 6.07) is 23.2. The lowest BCUT2D eigenvalue weighted by Crippen LogP contribution is -2.59. The van der Waals surface area contributed by atoms with Gasteiger partial charge in [0.2, 0.25) is 0 Å². The van der Waals surface area contributed by atoms with Crippen molar-refractivity contribution in [1.82, 2.24) is 10.6 Å². The van der Waals surface area contributed by atoms with Gasteiger partial charge in [0, 0.05) is 42.7 Å². The standard InChI is InChI=1S/C28H26F6N2O2.C22H16F6NO.C6H7F3O2/c1-26(12-5-13-26)35-25(37)36-27(17-18-6-3-2-4-7-18,19-8-10-21(29)11-9-19)20-14-22(30)16-23(15-20)38-28(33,34)24(31)32;23-17-8-6-15(7-9-17)21(29,13-14-4-2-1-3-5-14)16-10-18(24)12-19(11-16)30-22(27,28)20(25)26;7-6(8,9)5(4(10)11)2-1-3-5/h2-4,6-11,14-16,24H,5,12-13,17H2,1H3,(H2,35,36,37);1-2,4-12,20H,13,29H2;1-3H2,(H,10,11)/q;+1;/t27-;21-;/m11./s1. The quantitative estimate of drug-likeness (QED) is 0.0543.